The molecular weight excluding hydrogens is 310 g/mol. The highest BCUT2D eigenvalue weighted by Gasteiger charge is 2.17. The molecule has 0 saturated heterocycles. The molecule has 7 heteroatoms. The van der Waals surface area contributed by atoms with E-state index in [4.69, 9.17) is 11.6 Å². The number of hydrogen-bond acceptors (Lipinski definition) is 4. The molecule has 0 fully saturated rings. The van der Waals surface area contributed by atoms with Gasteiger partial charge in [-0.1, -0.05) is 23.7 Å². The first-order chi connectivity index (χ1) is 9.85. The smallest absolute Gasteiger partial charge is 0.263 e. The molecule has 0 unspecified atom stereocenters. The maximum Gasteiger partial charge on any atom is 0.263 e. The number of aryl methyl sites for hydroxylation is 1. The molecule has 0 amide bonds. The largest absolute Gasteiger partial charge is 0.372 e. The average Bonchev–Trinajstić information content (AvgIpc) is 2.43. The van der Waals surface area contributed by atoms with E-state index in [0.717, 1.165) is 11.1 Å². The summed E-state index contributed by atoms with van der Waals surface area (Å²) in [5.41, 5.74) is 2.44. The van der Waals surface area contributed by atoms with Crippen molar-refractivity contribution in [2.45, 2.75) is 18.7 Å². The topological polar surface area (TPSA) is 71.1 Å². The molecule has 2 rings (SSSR count). The minimum atomic E-state index is -3.72. The molecule has 0 aliphatic rings. The highest BCUT2D eigenvalue weighted by atomic mass is 35.5. The molecule has 21 heavy (non-hydrogen) atoms. The Balaban J connectivity index is 2.39. The van der Waals surface area contributed by atoms with E-state index in [1.165, 1.54) is 12.3 Å². The summed E-state index contributed by atoms with van der Waals surface area (Å²) in [6.07, 6.45) is 1.27. The van der Waals surface area contributed by atoms with Gasteiger partial charge in [0.05, 0.1) is 10.7 Å². The summed E-state index contributed by atoms with van der Waals surface area (Å²) >= 11 is 5.98. The molecular formula is C14H16ClN3O2S. The second-order valence-electron chi connectivity index (χ2n) is 4.60. The number of benzene rings is 1. The van der Waals surface area contributed by atoms with Crippen LogP contribution in [-0.2, 0) is 10.0 Å². The van der Waals surface area contributed by atoms with Crippen LogP contribution in [0.2, 0.25) is 5.02 Å². The third-order valence-electron chi connectivity index (χ3n) is 3.21. The van der Waals surface area contributed by atoms with E-state index >= 15 is 0 Å². The number of pyridine rings is 1. The maximum absolute atomic E-state index is 12.4. The second-order valence-corrected chi connectivity index (χ2v) is 6.69. The molecule has 1 heterocycles. The molecule has 1 aromatic heterocycles. The van der Waals surface area contributed by atoms with E-state index < -0.39 is 10.0 Å². The van der Waals surface area contributed by atoms with E-state index in [0.29, 0.717) is 11.5 Å². The van der Waals surface area contributed by atoms with Gasteiger partial charge in [-0.25, -0.2) is 13.4 Å². The Morgan fingerprint density at radius 1 is 1.24 bits per heavy atom. The highest BCUT2D eigenvalue weighted by Crippen LogP contribution is 2.25. The number of anilines is 2. The molecule has 0 atom stereocenters. The van der Waals surface area contributed by atoms with Gasteiger partial charge in [-0.3, -0.25) is 4.72 Å². The van der Waals surface area contributed by atoms with Crippen LogP contribution in [-0.4, -0.2) is 20.4 Å². The Morgan fingerprint density at radius 2 is 1.95 bits per heavy atom. The number of hydrogen-bond donors (Lipinski definition) is 2. The number of halogens is 1. The van der Waals surface area contributed by atoms with Gasteiger partial charge in [0, 0.05) is 13.2 Å². The van der Waals surface area contributed by atoms with Crippen LogP contribution in [0.15, 0.2) is 35.4 Å². The number of rotatable bonds is 4. The van der Waals surface area contributed by atoms with E-state index in [1.54, 1.807) is 19.2 Å². The van der Waals surface area contributed by atoms with Gasteiger partial charge in [-0.15, -0.1) is 0 Å². The summed E-state index contributed by atoms with van der Waals surface area (Å²) in [4.78, 5) is 4.00. The summed E-state index contributed by atoms with van der Waals surface area (Å²) in [5, 5.41) is 3.03. The fourth-order valence-corrected chi connectivity index (χ4v) is 3.24. The van der Waals surface area contributed by atoms with Gasteiger partial charge < -0.3 is 5.32 Å². The monoisotopic (exact) mass is 325 g/mol. The normalized spacial score (nSPS) is 11.2. The Morgan fingerprint density at radius 3 is 2.57 bits per heavy atom. The van der Waals surface area contributed by atoms with Crippen LogP contribution in [0, 0.1) is 13.8 Å². The first-order valence-electron chi connectivity index (χ1n) is 6.27. The zero-order chi connectivity index (χ0) is 15.6. The van der Waals surface area contributed by atoms with Crippen molar-refractivity contribution < 1.29 is 8.42 Å². The van der Waals surface area contributed by atoms with E-state index in [9.17, 15) is 8.42 Å². The zero-order valence-electron chi connectivity index (χ0n) is 11.9. The van der Waals surface area contributed by atoms with Crippen LogP contribution in [0.25, 0.3) is 0 Å². The van der Waals surface area contributed by atoms with Crippen molar-refractivity contribution in [3.8, 4) is 0 Å². The molecule has 0 saturated carbocycles. The molecule has 2 N–H and O–H groups in total. The van der Waals surface area contributed by atoms with Gasteiger partial charge >= 0.3 is 0 Å². The summed E-state index contributed by atoms with van der Waals surface area (Å²) in [5.74, 6) is 0.433. The molecule has 5 nitrogen and oxygen atoms in total. The van der Waals surface area contributed by atoms with Crippen molar-refractivity contribution in [2.24, 2.45) is 0 Å². The molecule has 0 aliphatic carbocycles. The third-order valence-corrected chi connectivity index (χ3v) is 4.83. The predicted octanol–water partition coefficient (Wildman–Crippen LogP) is 3.19. The Hall–Kier alpha value is -1.79. The SMILES string of the molecule is CNc1ncc(S(=O)(=O)Nc2cccc(C)c2C)cc1Cl. The average molecular weight is 326 g/mol. The molecule has 0 aliphatic heterocycles. The molecule has 112 valence electrons. The standard InChI is InChI=1S/C14H16ClN3O2S/c1-9-5-4-6-13(10(9)2)18-21(19,20)11-7-12(15)14(16-3)17-8-11/h4-8,18H,1-3H3,(H,16,17). The first kappa shape index (κ1) is 15.6. The van der Waals surface area contributed by atoms with E-state index in [1.807, 2.05) is 19.9 Å². The minimum absolute atomic E-state index is 0.0207. The lowest BCUT2D eigenvalue weighted by Crippen LogP contribution is -2.14. The predicted molar refractivity (Wildman–Crippen MR) is 85.5 cm³/mol. The van der Waals surface area contributed by atoms with Crippen LogP contribution in [0.1, 0.15) is 11.1 Å². The van der Waals surface area contributed by atoms with Crippen LogP contribution in [0.3, 0.4) is 0 Å². The molecule has 0 radical (unpaired) electrons. The minimum Gasteiger partial charge on any atom is -0.372 e. The van der Waals surface area contributed by atoms with Gasteiger partial charge in [0.15, 0.2) is 0 Å². The van der Waals surface area contributed by atoms with Crippen LogP contribution < -0.4 is 10.0 Å². The molecule has 0 bridgehead atoms. The first-order valence-corrected chi connectivity index (χ1v) is 8.13. The quantitative estimate of drug-likeness (QED) is 0.905. The summed E-state index contributed by atoms with van der Waals surface area (Å²) in [7, 11) is -2.06. The van der Waals surface area contributed by atoms with Crippen LogP contribution in [0.4, 0.5) is 11.5 Å². The van der Waals surface area contributed by atoms with Crippen molar-refractivity contribution in [1.82, 2.24) is 4.98 Å². The molecule has 0 spiro atoms. The van der Waals surface area contributed by atoms with Gasteiger partial charge in [-0.2, -0.15) is 0 Å². The summed E-state index contributed by atoms with van der Waals surface area (Å²) < 4.78 is 27.3. The van der Waals surface area contributed by atoms with Gasteiger partial charge in [0.25, 0.3) is 10.0 Å². The zero-order valence-corrected chi connectivity index (χ0v) is 13.5. The fraction of sp³-hybridized carbons (Fsp3) is 0.214. The Labute approximate surface area is 129 Å². The Kier molecular flexibility index (Phi) is 4.39. The Bertz CT molecular complexity index is 776. The van der Waals surface area contributed by atoms with Crippen LogP contribution >= 0.6 is 11.6 Å². The number of nitrogens with one attached hydrogen (secondary N) is 2. The number of sulfonamides is 1. The van der Waals surface area contributed by atoms with Gasteiger partial charge in [-0.05, 0) is 37.1 Å². The van der Waals surface area contributed by atoms with Crippen LogP contribution in [0.5, 0.6) is 0 Å². The third kappa shape index (κ3) is 3.28. The molecule has 2 aromatic rings. The lowest BCUT2D eigenvalue weighted by Gasteiger charge is -2.12. The van der Waals surface area contributed by atoms with Crippen molar-refractivity contribution in [2.75, 3.05) is 17.1 Å². The highest BCUT2D eigenvalue weighted by molar-refractivity contribution is 7.92. The van der Waals surface area contributed by atoms with Crippen molar-refractivity contribution in [3.63, 3.8) is 0 Å². The van der Waals surface area contributed by atoms with E-state index in [-0.39, 0.29) is 9.92 Å². The summed E-state index contributed by atoms with van der Waals surface area (Å²) in [6.45, 7) is 3.79. The van der Waals surface area contributed by atoms with Gasteiger partial charge in [0.2, 0.25) is 0 Å². The number of aromatic nitrogens is 1. The lowest BCUT2D eigenvalue weighted by atomic mass is 10.1. The fourth-order valence-electron chi connectivity index (χ4n) is 1.82. The van der Waals surface area contributed by atoms with Gasteiger partial charge in [0.1, 0.15) is 10.7 Å². The summed E-state index contributed by atoms with van der Waals surface area (Å²) in [6, 6.07) is 6.81. The molecule has 1 aromatic carbocycles. The van der Waals surface area contributed by atoms with E-state index in [2.05, 4.69) is 15.0 Å². The number of nitrogens with zero attached hydrogens (tertiary/aromatic N) is 1. The van der Waals surface area contributed by atoms with Crippen molar-refractivity contribution >= 4 is 33.1 Å². The van der Waals surface area contributed by atoms with Crippen molar-refractivity contribution in [3.05, 3.63) is 46.6 Å². The second kappa shape index (κ2) is 5.91. The maximum atomic E-state index is 12.4. The lowest BCUT2D eigenvalue weighted by molar-refractivity contribution is 0.601. The van der Waals surface area contributed by atoms with Crippen molar-refractivity contribution in [1.29, 1.82) is 0 Å².